The second-order valence-corrected chi connectivity index (χ2v) is 5.90. The van der Waals surface area contributed by atoms with Gasteiger partial charge in [0.2, 0.25) is 0 Å². The van der Waals surface area contributed by atoms with Crippen molar-refractivity contribution >= 4 is 40.6 Å². The molecule has 1 aromatic carbocycles. The molecule has 1 heterocycles. The Morgan fingerprint density at radius 2 is 1.96 bits per heavy atom. The van der Waals surface area contributed by atoms with Crippen LogP contribution in [0, 0.1) is 0 Å². The second-order valence-electron chi connectivity index (χ2n) is 5.09. The molecule has 122 valence electrons. The quantitative estimate of drug-likeness (QED) is 0.783. The molecule has 0 saturated carbocycles. The van der Waals surface area contributed by atoms with Crippen LogP contribution in [0.25, 0.3) is 0 Å². The second kappa shape index (κ2) is 8.18. The van der Waals surface area contributed by atoms with Crippen LogP contribution in [0.3, 0.4) is 0 Å². The maximum atomic E-state index is 12.1. The number of benzene rings is 1. The van der Waals surface area contributed by atoms with Gasteiger partial charge >= 0.3 is 0 Å². The van der Waals surface area contributed by atoms with E-state index in [2.05, 4.69) is 15.6 Å². The highest BCUT2D eigenvalue weighted by Gasteiger charge is 2.12. The Hall–Kier alpha value is -1.78. The minimum atomic E-state index is -0.0858. The van der Waals surface area contributed by atoms with E-state index in [4.69, 9.17) is 23.2 Å². The van der Waals surface area contributed by atoms with Gasteiger partial charge in [0.1, 0.15) is 5.82 Å². The monoisotopic (exact) mass is 351 g/mol. The first kappa shape index (κ1) is 17.6. The molecule has 0 aliphatic heterocycles. The van der Waals surface area contributed by atoms with Gasteiger partial charge in [-0.3, -0.25) is 4.79 Å². The van der Waals surface area contributed by atoms with Gasteiger partial charge in [-0.2, -0.15) is 0 Å². The SMILES string of the molecule is CCCNC(=O)c1cnc(Nc2ccc(Cl)c(Cl)c2)cc1CC. The maximum absolute atomic E-state index is 12.1. The molecular formula is C17H19Cl2N3O. The standard InChI is InChI=1S/C17H19Cl2N3O/c1-3-7-20-17(23)13-10-21-16(8-11(13)4-2)22-12-5-6-14(18)15(19)9-12/h5-6,8-10H,3-4,7H2,1-2H3,(H,20,23)(H,21,22). The number of nitrogens with one attached hydrogen (secondary N) is 2. The number of nitrogens with zero attached hydrogens (tertiary/aromatic N) is 1. The van der Waals surface area contributed by atoms with E-state index >= 15 is 0 Å². The van der Waals surface area contributed by atoms with Crippen LogP contribution in [0.4, 0.5) is 11.5 Å². The van der Waals surface area contributed by atoms with E-state index in [1.54, 1.807) is 18.3 Å². The molecule has 1 amide bonds. The molecule has 0 spiro atoms. The number of pyridine rings is 1. The van der Waals surface area contributed by atoms with Gasteiger partial charge in [0.05, 0.1) is 15.6 Å². The Bertz CT molecular complexity index is 704. The summed E-state index contributed by atoms with van der Waals surface area (Å²) in [4.78, 5) is 16.4. The van der Waals surface area contributed by atoms with Gasteiger partial charge in [-0.05, 0) is 42.7 Å². The largest absolute Gasteiger partial charge is 0.352 e. The molecule has 0 aliphatic carbocycles. The van der Waals surface area contributed by atoms with Crippen molar-refractivity contribution in [2.75, 3.05) is 11.9 Å². The van der Waals surface area contributed by atoms with Crippen molar-refractivity contribution in [2.45, 2.75) is 26.7 Å². The Kier molecular flexibility index (Phi) is 6.25. The van der Waals surface area contributed by atoms with E-state index in [1.807, 2.05) is 26.0 Å². The Morgan fingerprint density at radius 1 is 1.17 bits per heavy atom. The number of halogens is 2. The molecule has 2 rings (SSSR count). The molecule has 4 nitrogen and oxygen atoms in total. The summed E-state index contributed by atoms with van der Waals surface area (Å²) in [5, 5.41) is 7.02. The van der Waals surface area contributed by atoms with Crippen molar-refractivity contribution in [3.63, 3.8) is 0 Å². The first-order valence-corrected chi connectivity index (χ1v) is 8.30. The number of aryl methyl sites for hydroxylation is 1. The number of anilines is 2. The third-order valence-corrected chi connectivity index (χ3v) is 4.08. The number of amides is 1. The lowest BCUT2D eigenvalue weighted by molar-refractivity contribution is 0.0952. The molecule has 6 heteroatoms. The average molecular weight is 352 g/mol. The molecule has 1 aromatic heterocycles. The van der Waals surface area contributed by atoms with E-state index in [0.717, 1.165) is 24.1 Å². The highest BCUT2D eigenvalue weighted by molar-refractivity contribution is 6.42. The van der Waals surface area contributed by atoms with Gasteiger partial charge in [-0.25, -0.2) is 4.98 Å². The van der Waals surface area contributed by atoms with Gasteiger partial charge in [-0.15, -0.1) is 0 Å². The molecule has 0 bridgehead atoms. The third kappa shape index (κ3) is 4.60. The smallest absolute Gasteiger partial charge is 0.253 e. The molecule has 0 saturated heterocycles. The van der Waals surface area contributed by atoms with E-state index in [9.17, 15) is 4.79 Å². The fourth-order valence-corrected chi connectivity index (χ4v) is 2.42. The van der Waals surface area contributed by atoms with Gasteiger partial charge in [0, 0.05) is 18.4 Å². The zero-order chi connectivity index (χ0) is 16.8. The molecule has 0 unspecified atom stereocenters. The molecule has 0 atom stereocenters. The van der Waals surface area contributed by atoms with Crippen LogP contribution in [-0.2, 0) is 6.42 Å². The lowest BCUT2D eigenvalue weighted by Crippen LogP contribution is -2.25. The summed E-state index contributed by atoms with van der Waals surface area (Å²) in [7, 11) is 0. The summed E-state index contributed by atoms with van der Waals surface area (Å²) in [5.41, 5.74) is 2.34. The predicted molar refractivity (Wildman–Crippen MR) is 96.0 cm³/mol. The van der Waals surface area contributed by atoms with Crippen LogP contribution in [0.5, 0.6) is 0 Å². The van der Waals surface area contributed by atoms with Crippen LogP contribution in [0.15, 0.2) is 30.5 Å². The lowest BCUT2D eigenvalue weighted by Gasteiger charge is -2.12. The summed E-state index contributed by atoms with van der Waals surface area (Å²) in [6, 6.07) is 7.16. The van der Waals surface area contributed by atoms with E-state index in [-0.39, 0.29) is 5.91 Å². The molecule has 0 aliphatic rings. The maximum Gasteiger partial charge on any atom is 0.253 e. The minimum absolute atomic E-state index is 0.0858. The van der Waals surface area contributed by atoms with Gasteiger partial charge in [-0.1, -0.05) is 37.0 Å². The topological polar surface area (TPSA) is 54.0 Å². The lowest BCUT2D eigenvalue weighted by atomic mass is 10.1. The zero-order valence-corrected chi connectivity index (χ0v) is 14.6. The Labute approximate surface area is 146 Å². The van der Waals surface area contributed by atoms with Gasteiger partial charge in [0.15, 0.2) is 0 Å². The number of hydrogen-bond donors (Lipinski definition) is 2. The molecule has 2 aromatic rings. The van der Waals surface area contributed by atoms with Crippen molar-refractivity contribution < 1.29 is 4.79 Å². The van der Waals surface area contributed by atoms with Crippen molar-refractivity contribution in [1.82, 2.24) is 10.3 Å². The van der Waals surface area contributed by atoms with Crippen LogP contribution in [0.1, 0.15) is 36.2 Å². The third-order valence-electron chi connectivity index (χ3n) is 3.34. The zero-order valence-electron chi connectivity index (χ0n) is 13.1. The highest BCUT2D eigenvalue weighted by Crippen LogP contribution is 2.27. The molecule has 23 heavy (non-hydrogen) atoms. The molecule has 2 N–H and O–H groups in total. The van der Waals surface area contributed by atoms with Crippen molar-refractivity contribution in [3.8, 4) is 0 Å². The van der Waals surface area contributed by atoms with Crippen molar-refractivity contribution in [2.24, 2.45) is 0 Å². The number of carbonyl (C=O) groups excluding carboxylic acids is 1. The van der Waals surface area contributed by atoms with Crippen molar-refractivity contribution in [3.05, 3.63) is 51.6 Å². The summed E-state index contributed by atoms with van der Waals surface area (Å²) >= 11 is 11.9. The fraction of sp³-hybridized carbons (Fsp3) is 0.294. The first-order valence-electron chi connectivity index (χ1n) is 7.54. The van der Waals surface area contributed by atoms with E-state index in [0.29, 0.717) is 28.0 Å². The Morgan fingerprint density at radius 3 is 2.61 bits per heavy atom. The van der Waals surface area contributed by atoms with Gasteiger partial charge < -0.3 is 10.6 Å². The summed E-state index contributed by atoms with van der Waals surface area (Å²) in [6.45, 7) is 4.68. The van der Waals surface area contributed by atoms with Crippen molar-refractivity contribution in [1.29, 1.82) is 0 Å². The van der Waals surface area contributed by atoms with Crippen LogP contribution >= 0.6 is 23.2 Å². The summed E-state index contributed by atoms with van der Waals surface area (Å²) in [5.74, 6) is 0.574. The average Bonchev–Trinajstić information content (AvgIpc) is 2.56. The van der Waals surface area contributed by atoms with Crippen LogP contribution in [-0.4, -0.2) is 17.4 Å². The summed E-state index contributed by atoms with van der Waals surface area (Å²) < 4.78 is 0. The number of carbonyl (C=O) groups is 1. The molecule has 0 fully saturated rings. The molecular weight excluding hydrogens is 333 g/mol. The number of hydrogen-bond acceptors (Lipinski definition) is 3. The number of aromatic nitrogens is 1. The van der Waals surface area contributed by atoms with Crippen LogP contribution < -0.4 is 10.6 Å². The fourth-order valence-electron chi connectivity index (χ4n) is 2.12. The predicted octanol–water partition coefficient (Wildman–Crippen LogP) is 4.83. The Balaban J connectivity index is 2.21. The van der Waals surface area contributed by atoms with E-state index in [1.165, 1.54) is 0 Å². The van der Waals surface area contributed by atoms with Crippen LogP contribution in [0.2, 0.25) is 10.0 Å². The van der Waals surface area contributed by atoms with E-state index < -0.39 is 0 Å². The molecule has 0 radical (unpaired) electrons. The normalized spacial score (nSPS) is 10.4. The van der Waals surface area contributed by atoms with Gasteiger partial charge in [0.25, 0.3) is 5.91 Å². The number of rotatable bonds is 6. The highest BCUT2D eigenvalue weighted by atomic mass is 35.5. The first-order chi connectivity index (χ1) is 11.0. The summed E-state index contributed by atoms with van der Waals surface area (Å²) in [6.07, 6.45) is 3.24. The minimum Gasteiger partial charge on any atom is -0.352 e.